The van der Waals surface area contributed by atoms with Gasteiger partial charge in [-0.15, -0.1) is 0 Å². The molecule has 10 nitrogen and oxygen atoms in total. The number of amides is 2. The fourth-order valence-electron chi connectivity index (χ4n) is 4.75. The number of carbonyl (C=O) groups excluding carboxylic acids is 2. The lowest BCUT2D eigenvalue weighted by molar-refractivity contribution is -0.140. The number of benzene rings is 3. The summed E-state index contributed by atoms with van der Waals surface area (Å²) in [6.07, 6.45) is 0.328. The molecule has 0 saturated heterocycles. The summed E-state index contributed by atoms with van der Waals surface area (Å²) in [5.74, 6) is 0.855. The van der Waals surface area contributed by atoms with Crippen molar-refractivity contribution in [3.8, 4) is 17.2 Å². The molecular formula is C32H39N3O7S. The van der Waals surface area contributed by atoms with Gasteiger partial charge in [-0.1, -0.05) is 51.1 Å². The third kappa shape index (κ3) is 7.78. The van der Waals surface area contributed by atoms with E-state index in [2.05, 4.69) is 5.32 Å². The summed E-state index contributed by atoms with van der Waals surface area (Å²) in [4.78, 5) is 29.1. The molecule has 0 saturated carbocycles. The highest BCUT2D eigenvalue weighted by Crippen LogP contribution is 2.36. The molecule has 0 fully saturated rings. The van der Waals surface area contributed by atoms with Crippen molar-refractivity contribution >= 4 is 27.5 Å². The first kappa shape index (κ1) is 31.7. The Labute approximate surface area is 253 Å². The number of nitrogens with zero attached hydrogens (tertiary/aromatic N) is 2. The first-order valence-electron chi connectivity index (χ1n) is 14.3. The molecule has 11 heteroatoms. The van der Waals surface area contributed by atoms with Crippen molar-refractivity contribution in [2.75, 3.05) is 37.7 Å². The first-order valence-corrected chi connectivity index (χ1v) is 15.8. The lowest BCUT2D eigenvalue weighted by Crippen LogP contribution is -2.52. The minimum absolute atomic E-state index is 0.0266. The van der Waals surface area contributed by atoms with Gasteiger partial charge in [0.25, 0.3) is 10.0 Å². The van der Waals surface area contributed by atoms with Crippen LogP contribution in [0.1, 0.15) is 32.8 Å². The number of carbonyl (C=O) groups is 2. The molecule has 1 aliphatic rings. The zero-order valence-corrected chi connectivity index (χ0v) is 25.8. The predicted octanol–water partition coefficient (Wildman–Crippen LogP) is 4.24. The number of hydrogen-bond donors (Lipinski definition) is 1. The van der Waals surface area contributed by atoms with Crippen LogP contribution in [0.4, 0.5) is 5.69 Å². The van der Waals surface area contributed by atoms with Crippen LogP contribution in [0.25, 0.3) is 0 Å². The van der Waals surface area contributed by atoms with Crippen molar-refractivity contribution in [3.63, 3.8) is 0 Å². The summed E-state index contributed by atoms with van der Waals surface area (Å²) in [6, 6.07) is 19.1. The Kier molecular flexibility index (Phi) is 10.5. The summed E-state index contributed by atoms with van der Waals surface area (Å²) in [7, 11) is -2.65. The smallest absolute Gasteiger partial charge is 0.264 e. The van der Waals surface area contributed by atoms with E-state index in [9.17, 15) is 18.0 Å². The Hall–Kier alpha value is -4.25. The monoisotopic (exact) mass is 609 g/mol. The second kappa shape index (κ2) is 14.3. The summed E-state index contributed by atoms with van der Waals surface area (Å²) in [5, 5.41) is 2.93. The first-order chi connectivity index (χ1) is 20.6. The van der Waals surface area contributed by atoms with Gasteiger partial charge in [-0.25, -0.2) is 8.42 Å². The highest BCUT2D eigenvalue weighted by Gasteiger charge is 2.34. The van der Waals surface area contributed by atoms with Crippen LogP contribution in [0.3, 0.4) is 0 Å². The van der Waals surface area contributed by atoms with Crippen LogP contribution in [0.5, 0.6) is 17.2 Å². The number of ether oxygens (including phenoxy) is 3. The van der Waals surface area contributed by atoms with Gasteiger partial charge < -0.3 is 24.4 Å². The lowest BCUT2D eigenvalue weighted by Gasteiger charge is -2.33. The molecule has 1 atom stereocenters. The molecule has 230 valence electrons. The number of methoxy groups -OCH3 is 1. The van der Waals surface area contributed by atoms with Crippen LogP contribution in [-0.2, 0) is 26.2 Å². The van der Waals surface area contributed by atoms with E-state index in [4.69, 9.17) is 14.2 Å². The SMILES string of the molecule is CCC(C(=O)NCC(C)C)N(Cc1cccc(OC)c1)C(=O)CN(c1ccc2c(c1)OCCO2)S(=O)(=O)c1ccccc1. The van der Waals surface area contributed by atoms with Gasteiger partial charge in [0.15, 0.2) is 11.5 Å². The van der Waals surface area contributed by atoms with Crippen LogP contribution < -0.4 is 23.8 Å². The molecule has 1 heterocycles. The number of nitrogens with one attached hydrogen (secondary N) is 1. The van der Waals surface area contributed by atoms with Crippen LogP contribution in [-0.4, -0.2) is 64.6 Å². The van der Waals surface area contributed by atoms with Crippen LogP contribution in [0, 0.1) is 5.92 Å². The van der Waals surface area contributed by atoms with Gasteiger partial charge in [0.1, 0.15) is 31.5 Å². The van der Waals surface area contributed by atoms with Gasteiger partial charge in [-0.05, 0) is 54.3 Å². The van der Waals surface area contributed by atoms with Gasteiger partial charge in [0.2, 0.25) is 11.8 Å². The van der Waals surface area contributed by atoms with E-state index in [-0.39, 0.29) is 29.0 Å². The third-order valence-electron chi connectivity index (χ3n) is 6.98. The summed E-state index contributed by atoms with van der Waals surface area (Å²) in [6.45, 7) is 6.47. The van der Waals surface area contributed by atoms with Crippen LogP contribution in [0.15, 0.2) is 77.7 Å². The molecule has 1 unspecified atom stereocenters. The molecule has 1 N–H and O–H groups in total. The molecule has 3 aromatic carbocycles. The maximum atomic E-state index is 14.2. The number of sulfonamides is 1. The van der Waals surface area contributed by atoms with Crippen molar-refractivity contribution in [2.45, 2.75) is 44.7 Å². The number of hydrogen-bond acceptors (Lipinski definition) is 7. The fraction of sp³-hybridized carbons (Fsp3) is 0.375. The topological polar surface area (TPSA) is 114 Å². The number of anilines is 1. The third-order valence-corrected chi connectivity index (χ3v) is 8.77. The molecule has 3 aromatic rings. The maximum Gasteiger partial charge on any atom is 0.264 e. The molecular weight excluding hydrogens is 570 g/mol. The second-order valence-electron chi connectivity index (χ2n) is 10.6. The van der Waals surface area contributed by atoms with E-state index < -0.39 is 28.5 Å². The average Bonchev–Trinajstić information content (AvgIpc) is 3.02. The van der Waals surface area contributed by atoms with Gasteiger partial charge in [0.05, 0.1) is 17.7 Å². The van der Waals surface area contributed by atoms with E-state index in [0.29, 0.717) is 43.4 Å². The van der Waals surface area contributed by atoms with Crippen molar-refractivity contribution in [3.05, 3.63) is 78.4 Å². The summed E-state index contributed by atoms with van der Waals surface area (Å²) >= 11 is 0. The molecule has 2 amide bonds. The molecule has 0 bridgehead atoms. The Bertz CT molecular complexity index is 1510. The molecule has 43 heavy (non-hydrogen) atoms. The summed E-state index contributed by atoms with van der Waals surface area (Å²) < 4.78 is 45.8. The highest BCUT2D eigenvalue weighted by atomic mass is 32.2. The van der Waals surface area contributed by atoms with Crippen LogP contribution in [0.2, 0.25) is 0 Å². The standard InChI is InChI=1S/C32H39N3O7S/c1-5-28(32(37)33-20-23(2)3)34(21-24-10-9-11-26(18-24)40-4)31(36)22-35(43(38,39)27-12-7-6-8-13-27)25-14-15-29-30(19-25)42-17-16-41-29/h6-15,18-19,23,28H,5,16-17,20-22H2,1-4H3,(H,33,37). The second-order valence-corrected chi connectivity index (χ2v) is 12.5. The van der Waals surface area contributed by atoms with Gasteiger partial charge in [-0.2, -0.15) is 0 Å². The minimum Gasteiger partial charge on any atom is -0.497 e. The average molecular weight is 610 g/mol. The predicted molar refractivity (Wildman–Crippen MR) is 164 cm³/mol. The molecule has 0 aliphatic carbocycles. The molecule has 1 aliphatic heterocycles. The van der Waals surface area contributed by atoms with Crippen molar-refractivity contribution in [1.29, 1.82) is 0 Å². The van der Waals surface area contributed by atoms with E-state index >= 15 is 0 Å². The van der Waals surface area contributed by atoms with Crippen LogP contribution >= 0.6 is 0 Å². The van der Waals surface area contributed by atoms with E-state index in [1.54, 1.807) is 61.7 Å². The van der Waals surface area contributed by atoms with E-state index in [1.165, 1.54) is 17.0 Å². The highest BCUT2D eigenvalue weighted by molar-refractivity contribution is 7.92. The Balaban J connectivity index is 1.75. The Morgan fingerprint density at radius 2 is 1.67 bits per heavy atom. The van der Waals surface area contributed by atoms with Crippen molar-refractivity contribution in [1.82, 2.24) is 10.2 Å². The van der Waals surface area contributed by atoms with Crippen molar-refractivity contribution in [2.24, 2.45) is 5.92 Å². The molecule has 0 spiro atoms. The summed E-state index contributed by atoms with van der Waals surface area (Å²) in [5.41, 5.74) is 0.972. The van der Waals surface area contributed by atoms with Gasteiger partial charge in [-0.3, -0.25) is 13.9 Å². The Morgan fingerprint density at radius 1 is 0.953 bits per heavy atom. The molecule has 0 aromatic heterocycles. The zero-order chi connectivity index (χ0) is 31.0. The maximum absolute atomic E-state index is 14.2. The number of fused-ring (bicyclic) bond motifs is 1. The fourth-order valence-corrected chi connectivity index (χ4v) is 6.17. The van der Waals surface area contributed by atoms with E-state index in [1.807, 2.05) is 26.8 Å². The van der Waals surface area contributed by atoms with Gasteiger partial charge in [0, 0.05) is 19.2 Å². The van der Waals surface area contributed by atoms with Crippen molar-refractivity contribution < 1.29 is 32.2 Å². The van der Waals surface area contributed by atoms with Gasteiger partial charge >= 0.3 is 0 Å². The largest absolute Gasteiger partial charge is 0.497 e. The Morgan fingerprint density at radius 3 is 2.35 bits per heavy atom. The van der Waals surface area contributed by atoms with E-state index in [0.717, 1.165) is 9.87 Å². The quantitative estimate of drug-likeness (QED) is 0.308. The molecule has 4 rings (SSSR count). The normalized spacial score (nSPS) is 13.2. The lowest BCUT2D eigenvalue weighted by atomic mass is 10.1. The molecule has 0 radical (unpaired) electrons. The number of rotatable bonds is 13. The minimum atomic E-state index is -4.20. The zero-order valence-electron chi connectivity index (χ0n) is 25.0.